The molecule has 0 amide bonds. The molecule has 2 nitrogen and oxygen atoms in total. The summed E-state index contributed by atoms with van der Waals surface area (Å²) in [6.07, 6.45) is 1.12. The summed E-state index contributed by atoms with van der Waals surface area (Å²) < 4.78 is 0. The van der Waals surface area contributed by atoms with E-state index >= 15 is 0 Å². The maximum Gasteiger partial charge on any atom is 0.0600 e. The molecule has 0 saturated heterocycles. The second-order valence-electron chi connectivity index (χ2n) is 3.28. The van der Waals surface area contributed by atoms with Gasteiger partial charge in [-0.25, -0.2) is 0 Å². The number of hydrogen-bond donors (Lipinski definition) is 1. The highest BCUT2D eigenvalue weighted by Gasteiger charge is 2.06. The second-order valence-corrected chi connectivity index (χ2v) is 3.72. The normalized spacial score (nSPS) is 10.2. The fourth-order valence-corrected chi connectivity index (χ4v) is 1.71. The highest BCUT2D eigenvalue weighted by Crippen LogP contribution is 2.26. The topological polar surface area (TPSA) is 29.3 Å². The molecule has 1 aromatic carbocycles. The fourth-order valence-electron chi connectivity index (χ4n) is 1.53. The lowest BCUT2D eigenvalue weighted by Gasteiger charge is -2.24. The number of anilines is 2. The molecule has 0 unspecified atom stereocenters. The Morgan fingerprint density at radius 2 is 2.07 bits per heavy atom. The van der Waals surface area contributed by atoms with E-state index in [-0.39, 0.29) is 0 Å². The van der Waals surface area contributed by atoms with E-state index in [1.807, 2.05) is 12.1 Å². The Labute approximate surface area is 90.7 Å². The van der Waals surface area contributed by atoms with Gasteiger partial charge in [-0.05, 0) is 31.5 Å². The van der Waals surface area contributed by atoms with Crippen LogP contribution in [0.5, 0.6) is 0 Å². The van der Waals surface area contributed by atoms with Crippen molar-refractivity contribution >= 4 is 23.0 Å². The summed E-state index contributed by atoms with van der Waals surface area (Å²) in [5, 5.41) is 0.693. The molecule has 78 valence electrons. The second kappa shape index (κ2) is 5.11. The first-order chi connectivity index (χ1) is 6.69. The number of nitrogens with zero attached hydrogens (tertiary/aromatic N) is 1. The van der Waals surface area contributed by atoms with Crippen LogP contribution < -0.4 is 10.6 Å². The largest absolute Gasteiger partial charge is 0.397 e. The Bertz CT molecular complexity index is 299. The highest BCUT2D eigenvalue weighted by molar-refractivity contribution is 6.31. The fraction of sp³-hybridized carbons (Fsp3) is 0.455. The maximum atomic E-state index is 5.90. The molecule has 0 heterocycles. The molecule has 1 aromatic rings. The minimum Gasteiger partial charge on any atom is -0.397 e. The van der Waals surface area contributed by atoms with Crippen LogP contribution >= 0.6 is 11.6 Å². The van der Waals surface area contributed by atoms with Gasteiger partial charge in [0.25, 0.3) is 0 Å². The number of halogens is 1. The van der Waals surface area contributed by atoms with E-state index in [9.17, 15) is 0 Å². The van der Waals surface area contributed by atoms with Crippen LogP contribution in [0.2, 0.25) is 5.02 Å². The highest BCUT2D eigenvalue weighted by atomic mass is 35.5. The predicted octanol–water partition coefficient (Wildman–Crippen LogP) is 3.16. The van der Waals surface area contributed by atoms with Crippen molar-refractivity contribution in [1.82, 2.24) is 0 Å². The van der Waals surface area contributed by atoms with Crippen molar-refractivity contribution < 1.29 is 0 Å². The van der Waals surface area contributed by atoms with Crippen LogP contribution in [0.4, 0.5) is 11.4 Å². The Morgan fingerprint density at radius 3 is 2.57 bits per heavy atom. The van der Waals surface area contributed by atoms with Crippen molar-refractivity contribution in [2.24, 2.45) is 0 Å². The number of hydrogen-bond acceptors (Lipinski definition) is 2. The standard InChI is InChI=1S/C11H17ClN2/c1-3-7-14(4-2)11-6-5-9(12)8-10(11)13/h5-6,8H,3-4,7,13H2,1-2H3. The van der Waals surface area contributed by atoms with Gasteiger partial charge in [0, 0.05) is 18.1 Å². The molecule has 3 heteroatoms. The third-order valence-electron chi connectivity index (χ3n) is 2.21. The molecule has 2 N–H and O–H groups in total. The Kier molecular flexibility index (Phi) is 4.08. The molecule has 0 radical (unpaired) electrons. The zero-order valence-corrected chi connectivity index (χ0v) is 9.51. The molecule has 0 atom stereocenters. The van der Waals surface area contributed by atoms with Gasteiger partial charge in [-0.1, -0.05) is 18.5 Å². The molecule has 0 aliphatic rings. The molecule has 0 aliphatic heterocycles. The van der Waals surface area contributed by atoms with Crippen LogP contribution in [0.3, 0.4) is 0 Å². The van der Waals surface area contributed by atoms with Gasteiger partial charge in [0.05, 0.1) is 11.4 Å². The first-order valence-corrected chi connectivity index (χ1v) is 5.36. The molecule has 14 heavy (non-hydrogen) atoms. The van der Waals surface area contributed by atoms with Crippen molar-refractivity contribution in [3.63, 3.8) is 0 Å². The zero-order valence-electron chi connectivity index (χ0n) is 8.76. The molecule has 0 fully saturated rings. The van der Waals surface area contributed by atoms with Crippen LogP contribution in [0, 0.1) is 0 Å². The van der Waals surface area contributed by atoms with Crippen LogP contribution in [0.1, 0.15) is 20.3 Å². The molecular weight excluding hydrogens is 196 g/mol. The predicted molar refractivity (Wildman–Crippen MR) is 64.0 cm³/mol. The van der Waals surface area contributed by atoms with Crippen molar-refractivity contribution in [3.05, 3.63) is 23.2 Å². The van der Waals surface area contributed by atoms with Crippen LogP contribution in [-0.2, 0) is 0 Å². The quantitative estimate of drug-likeness (QED) is 0.777. The third kappa shape index (κ3) is 2.55. The first-order valence-electron chi connectivity index (χ1n) is 4.99. The zero-order chi connectivity index (χ0) is 10.6. The maximum absolute atomic E-state index is 5.90. The Hall–Kier alpha value is -0.890. The van der Waals surface area contributed by atoms with E-state index in [1.54, 1.807) is 6.07 Å². The molecule has 0 spiro atoms. The van der Waals surface area contributed by atoms with E-state index in [2.05, 4.69) is 18.7 Å². The summed E-state index contributed by atoms with van der Waals surface area (Å²) >= 11 is 5.84. The third-order valence-corrected chi connectivity index (χ3v) is 2.44. The van der Waals surface area contributed by atoms with E-state index in [4.69, 9.17) is 17.3 Å². The van der Waals surface area contributed by atoms with Crippen molar-refractivity contribution in [2.45, 2.75) is 20.3 Å². The number of benzene rings is 1. The average Bonchev–Trinajstić information content (AvgIpc) is 2.15. The minimum absolute atomic E-state index is 0.693. The van der Waals surface area contributed by atoms with Gasteiger partial charge in [0.15, 0.2) is 0 Å². The van der Waals surface area contributed by atoms with Crippen molar-refractivity contribution in [3.8, 4) is 0 Å². The van der Waals surface area contributed by atoms with E-state index in [0.717, 1.165) is 30.9 Å². The van der Waals surface area contributed by atoms with Gasteiger partial charge in [-0.2, -0.15) is 0 Å². The van der Waals surface area contributed by atoms with E-state index in [0.29, 0.717) is 5.02 Å². The molecule has 0 saturated carbocycles. The van der Waals surface area contributed by atoms with Crippen molar-refractivity contribution in [1.29, 1.82) is 0 Å². The smallest absolute Gasteiger partial charge is 0.0600 e. The van der Waals surface area contributed by atoms with E-state index < -0.39 is 0 Å². The summed E-state index contributed by atoms with van der Waals surface area (Å²) in [6, 6.07) is 5.66. The summed E-state index contributed by atoms with van der Waals surface area (Å²) in [6.45, 7) is 6.29. The number of nitrogens with two attached hydrogens (primary N) is 1. The number of nitrogen functional groups attached to an aromatic ring is 1. The van der Waals surface area contributed by atoms with Gasteiger partial charge < -0.3 is 10.6 Å². The van der Waals surface area contributed by atoms with Crippen molar-refractivity contribution in [2.75, 3.05) is 23.7 Å². The van der Waals surface area contributed by atoms with Gasteiger partial charge >= 0.3 is 0 Å². The number of rotatable bonds is 4. The lowest BCUT2D eigenvalue weighted by molar-refractivity contribution is 0.793. The molecule has 0 bridgehead atoms. The Morgan fingerprint density at radius 1 is 1.36 bits per heavy atom. The average molecular weight is 213 g/mol. The van der Waals surface area contributed by atoms with Crippen LogP contribution in [0.25, 0.3) is 0 Å². The molecular formula is C11H17ClN2. The van der Waals surface area contributed by atoms with Crippen LogP contribution in [0.15, 0.2) is 18.2 Å². The van der Waals surface area contributed by atoms with E-state index in [1.165, 1.54) is 0 Å². The Balaban J connectivity index is 2.92. The monoisotopic (exact) mass is 212 g/mol. The summed E-state index contributed by atoms with van der Waals surface area (Å²) in [5.74, 6) is 0. The first kappa shape index (κ1) is 11.2. The van der Waals surface area contributed by atoms with Crippen LogP contribution in [-0.4, -0.2) is 13.1 Å². The summed E-state index contributed by atoms with van der Waals surface area (Å²) in [4.78, 5) is 2.26. The molecule has 0 aromatic heterocycles. The SMILES string of the molecule is CCCN(CC)c1ccc(Cl)cc1N. The van der Waals surface area contributed by atoms with Gasteiger partial charge in [0.2, 0.25) is 0 Å². The van der Waals surface area contributed by atoms with Gasteiger partial charge in [-0.15, -0.1) is 0 Å². The molecule has 1 rings (SSSR count). The van der Waals surface area contributed by atoms with Gasteiger partial charge in [0.1, 0.15) is 0 Å². The van der Waals surface area contributed by atoms with Gasteiger partial charge in [-0.3, -0.25) is 0 Å². The minimum atomic E-state index is 0.693. The molecule has 0 aliphatic carbocycles. The lowest BCUT2D eigenvalue weighted by atomic mass is 10.2. The summed E-state index contributed by atoms with van der Waals surface area (Å²) in [7, 11) is 0. The lowest BCUT2D eigenvalue weighted by Crippen LogP contribution is -2.24. The summed E-state index contributed by atoms with van der Waals surface area (Å²) in [5.41, 5.74) is 7.74.